The molecule has 1 amide bonds. The van der Waals surface area contributed by atoms with Gasteiger partial charge in [0.1, 0.15) is 5.75 Å². The monoisotopic (exact) mass is 248 g/mol. The van der Waals surface area contributed by atoms with E-state index >= 15 is 0 Å². The summed E-state index contributed by atoms with van der Waals surface area (Å²) >= 11 is 0. The first-order chi connectivity index (χ1) is 8.70. The van der Waals surface area contributed by atoms with Gasteiger partial charge in [0.2, 0.25) is 0 Å². The first-order valence-electron chi connectivity index (χ1n) is 6.44. The van der Waals surface area contributed by atoms with Gasteiger partial charge in [-0.1, -0.05) is 12.8 Å². The van der Waals surface area contributed by atoms with Crippen LogP contribution in [0.5, 0.6) is 5.75 Å². The molecule has 0 bridgehead atoms. The van der Waals surface area contributed by atoms with Crippen LogP contribution in [0.1, 0.15) is 36.0 Å². The van der Waals surface area contributed by atoms with Crippen molar-refractivity contribution in [2.45, 2.75) is 25.7 Å². The zero-order valence-corrected chi connectivity index (χ0v) is 10.8. The molecule has 0 saturated carbocycles. The molecule has 1 aliphatic heterocycles. The molecule has 1 fully saturated rings. The van der Waals surface area contributed by atoms with Crippen LogP contribution in [0.25, 0.3) is 0 Å². The molecule has 18 heavy (non-hydrogen) atoms. The fourth-order valence-corrected chi connectivity index (χ4v) is 2.32. The summed E-state index contributed by atoms with van der Waals surface area (Å²) in [5.41, 5.74) is 6.96. The van der Waals surface area contributed by atoms with Gasteiger partial charge in [-0.3, -0.25) is 4.79 Å². The van der Waals surface area contributed by atoms with E-state index in [1.54, 1.807) is 25.3 Å². The Kier molecular flexibility index (Phi) is 4.07. The standard InChI is InChI=1S/C14H20N2O2/c1-18-13-9-11(8-12(15)10-13)14(17)16-6-4-2-3-5-7-16/h8-10H,2-7,15H2,1H3. The van der Waals surface area contributed by atoms with Crippen LogP contribution in [0.4, 0.5) is 5.69 Å². The van der Waals surface area contributed by atoms with Gasteiger partial charge in [0.05, 0.1) is 7.11 Å². The van der Waals surface area contributed by atoms with Gasteiger partial charge in [-0.2, -0.15) is 0 Å². The van der Waals surface area contributed by atoms with Crippen molar-refractivity contribution in [1.29, 1.82) is 0 Å². The lowest BCUT2D eigenvalue weighted by Crippen LogP contribution is -2.31. The predicted molar refractivity (Wildman–Crippen MR) is 71.8 cm³/mol. The van der Waals surface area contributed by atoms with Crippen molar-refractivity contribution in [2.24, 2.45) is 0 Å². The number of methoxy groups -OCH3 is 1. The summed E-state index contributed by atoms with van der Waals surface area (Å²) in [7, 11) is 1.58. The van der Waals surface area contributed by atoms with E-state index in [1.807, 2.05) is 4.90 Å². The Morgan fingerprint density at radius 2 is 1.83 bits per heavy atom. The van der Waals surface area contributed by atoms with Gasteiger partial charge in [-0.05, 0) is 25.0 Å². The minimum absolute atomic E-state index is 0.0579. The molecule has 0 aromatic heterocycles. The maximum absolute atomic E-state index is 12.4. The van der Waals surface area contributed by atoms with E-state index < -0.39 is 0 Å². The van der Waals surface area contributed by atoms with Crippen LogP contribution in [-0.4, -0.2) is 31.0 Å². The summed E-state index contributed by atoms with van der Waals surface area (Å²) in [5, 5.41) is 0. The number of rotatable bonds is 2. The van der Waals surface area contributed by atoms with Crippen molar-refractivity contribution in [2.75, 3.05) is 25.9 Å². The fourth-order valence-electron chi connectivity index (χ4n) is 2.32. The molecule has 0 unspecified atom stereocenters. The minimum Gasteiger partial charge on any atom is -0.497 e. The molecule has 4 nitrogen and oxygen atoms in total. The quantitative estimate of drug-likeness (QED) is 0.817. The van der Waals surface area contributed by atoms with Crippen LogP contribution < -0.4 is 10.5 Å². The van der Waals surface area contributed by atoms with Crippen LogP contribution in [0.2, 0.25) is 0 Å². The summed E-state index contributed by atoms with van der Waals surface area (Å²) in [6.45, 7) is 1.69. The minimum atomic E-state index is 0.0579. The number of likely N-dealkylation sites (tertiary alicyclic amines) is 1. The molecule has 2 rings (SSSR count). The second kappa shape index (κ2) is 5.76. The van der Waals surface area contributed by atoms with Gasteiger partial charge in [-0.25, -0.2) is 0 Å². The van der Waals surface area contributed by atoms with Crippen molar-refractivity contribution in [3.63, 3.8) is 0 Å². The Hall–Kier alpha value is -1.71. The molecule has 0 atom stereocenters. The van der Waals surface area contributed by atoms with Crippen LogP contribution in [0.15, 0.2) is 18.2 Å². The molecule has 1 aromatic rings. The zero-order chi connectivity index (χ0) is 13.0. The summed E-state index contributed by atoms with van der Waals surface area (Å²) in [4.78, 5) is 14.3. The predicted octanol–water partition coefficient (Wildman–Crippen LogP) is 2.29. The van der Waals surface area contributed by atoms with E-state index in [2.05, 4.69) is 0 Å². The molecule has 0 aliphatic carbocycles. The van der Waals surface area contributed by atoms with Crippen molar-refractivity contribution < 1.29 is 9.53 Å². The van der Waals surface area contributed by atoms with E-state index in [4.69, 9.17) is 10.5 Å². The first kappa shape index (κ1) is 12.7. The lowest BCUT2D eigenvalue weighted by atomic mass is 10.1. The number of benzene rings is 1. The number of hydrogen-bond donors (Lipinski definition) is 1. The van der Waals surface area contributed by atoms with Crippen molar-refractivity contribution in [3.8, 4) is 5.75 Å². The van der Waals surface area contributed by atoms with Gasteiger partial charge in [0.15, 0.2) is 0 Å². The molecule has 2 N–H and O–H groups in total. The third-order valence-corrected chi connectivity index (χ3v) is 3.30. The molecular formula is C14H20N2O2. The lowest BCUT2D eigenvalue weighted by molar-refractivity contribution is 0.0761. The number of amides is 1. The highest BCUT2D eigenvalue weighted by molar-refractivity contribution is 5.95. The van der Waals surface area contributed by atoms with Crippen LogP contribution >= 0.6 is 0 Å². The maximum atomic E-state index is 12.4. The van der Waals surface area contributed by atoms with Crippen LogP contribution in [0.3, 0.4) is 0 Å². The second-order valence-electron chi connectivity index (χ2n) is 4.70. The van der Waals surface area contributed by atoms with E-state index in [0.29, 0.717) is 17.0 Å². The number of ether oxygens (including phenoxy) is 1. The van der Waals surface area contributed by atoms with Crippen molar-refractivity contribution in [3.05, 3.63) is 23.8 Å². The molecule has 1 saturated heterocycles. The Morgan fingerprint density at radius 1 is 1.17 bits per heavy atom. The number of nitrogens with two attached hydrogens (primary N) is 1. The second-order valence-corrected chi connectivity index (χ2v) is 4.70. The number of nitrogen functional groups attached to an aromatic ring is 1. The van der Waals surface area contributed by atoms with Gasteiger partial charge in [0.25, 0.3) is 5.91 Å². The SMILES string of the molecule is COc1cc(N)cc(C(=O)N2CCCCCC2)c1. The van der Waals surface area contributed by atoms with Gasteiger partial charge in [0, 0.05) is 30.4 Å². The number of carbonyl (C=O) groups excluding carboxylic acids is 1. The number of hydrogen-bond acceptors (Lipinski definition) is 3. The summed E-state index contributed by atoms with van der Waals surface area (Å²) in [6, 6.07) is 5.19. The third kappa shape index (κ3) is 2.94. The Morgan fingerprint density at radius 3 is 2.44 bits per heavy atom. The van der Waals surface area contributed by atoms with Gasteiger partial charge >= 0.3 is 0 Å². The first-order valence-corrected chi connectivity index (χ1v) is 6.44. The van der Waals surface area contributed by atoms with E-state index in [0.717, 1.165) is 25.9 Å². The molecule has 0 radical (unpaired) electrons. The lowest BCUT2D eigenvalue weighted by Gasteiger charge is -2.20. The van der Waals surface area contributed by atoms with Crippen LogP contribution in [0, 0.1) is 0 Å². The highest BCUT2D eigenvalue weighted by Crippen LogP contribution is 2.21. The molecule has 1 heterocycles. The molecule has 0 spiro atoms. The van der Waals surface area contributed by atoms with Crippen molar-refractivity contribution >= 4 is 11.6 Å². The van der Waals surface area contributed by atoms with E-state index in [-0.39, 0.29) is 5.91 Å². The van der Waals surface area contributed by atoms with Crippen LogP contribution in [-0.2, 0) is 0 Å². The average molecular weight is 248 g/mol. The Labute approximate surface area is 108 Å². The molecule has 1 aliphatic rings. The van der Waals surface area contributed by atoms with Gasteiger partial charge in [-0.15, -0.1) is 0 Å². The molecule has 4 heteroatoms. The van der Waals surface area contributed by atoms with Gasteiger partial charge < -0.3 is 15.4 Å². The number of carbonyl (C=O) groups is 1. The Balaban J connectivity index is 2.18. The summed E-state index contributed by atoms with van der Waals surface area (Å²) < 4.78 is 5.15. The van der Waals surface area contributed by atoms with E-state index in [1.165, 1.54) is 12.8 Å². The third-order valence-electron chi connectivity index (χ3n) is 3.30. The summed E-state index contributed by atoms with van der Waals surface area (Å²) in [5.74, 6) is 0.690. The molecular weight excluding hydrogens is 228 g/mol. The summed E-state index contributed by atoms with van der Waals surface area (Å²) in [6.07, 6.45) is 4.60. The topological polar surface area (TPSA) is 55.6 Å². The maximum Gasteiger partial charge on any atom is 0.254 e. The van der Waals surface area contributed by atoms with E-state index in [9.17, 15) is 4.79 Å². The normalized spacial score (nSPS) is 16.2. The molecule has 98 valence electrons. The Bertz CT molecular complexity index is 424. The van der Waals surface area contributed by atoms with Crippen molar-refractivity contribution in [1.82, 2.24) is 4.90 Å². The average Bonchev–Trinajstić information content (AvgIpc) is 2.65. The largest absolute Gasteiger partial charge is 0.497 e. The number of nitrogens with zero attached hydrogens (tertiary/aromatic N) is 1. The highest BCUT2D eigenvalue weighted by Gasteiger charge is 2.18. The molecule has 1 aromatic carbocycles. The zero-order valence-electron chi connectivity index (χ0n) is 10.8. The fraction of sp³-hybridized carbons (Fsp3) is 0.500. The highest BCUT2D eigenvalue weighted by atomic mass is 16.5. The smallest absolute Gasteiger partial charge is 0.254 e. The number of anilines is 1.